The molecule has 2 aromatic rings. The number of carboxylic acids is 1. The van der Waals surface area contributed by atoms with E-state index in [1.165, 1.54) is 5.56 Å². The van der Waals surface area contributed by atoms with Crippen molar-refractivity contribution >= 4 is 12.0 Å². The van der Waals surface area contributed by atoms with E-state index in [2.05, 4.69) is 18.9 Å². The average Bonchev–Trinajstić information content (AvgIpc) is 2.71. The van der Waals surface area contributed by atoms with Crippen LogP contribution < -0.4 is 0 Å². The number of carboxylic acid groups (broad SMARTS) is 1. The summed E-state index contributed by atoms with van der Waals surface area (Å²) in [6.45, 7) is 6.18. The highest BCUT2D eigenvalue weighted by atomic mass is 16.4. The van der Waals surface area contributed by atoms with Crippen LogP contribution in [0, 0.1) is 13.8 Å². The van der Waals surface area contributed by atoms with Crippen molar-refractivity contribution in [1.29, 1.82) is 0 Å². The number of nitrogens with zero attached hydrogens (tertiary/aromatic N) is 2. The van der Waals surface area contributed by atoms with Crippen molar-refractivity contribution in [3.8, 4) is 5.69 Å². The molecule has 2 rings (SSSR count). The summed E-state index contributed by atoms with van der Waals surface area (Å²) in [4.78, 5) is 10.6. The third-order valence-electron chi connectivity index (χ3n) is 3.33. The molecular weight excluding hydrogens is 252 g/mol. The van der Waals surface area contributed by atoms with E-state index >= 15 is 0 Å². The van der Waals surface area contributed by atoms with Crippen LogP contribution in [0.4, 0.5) is 0 Å². The van der Waals surface area contributed by atoms with Crippen LogP contribution in [0.3, 0.4) is 0 Å². The summed E-state index contributed by atoms with van der Waals surface area (Å²) in [6, 6.07) is 7.67. The minimum Gasteiger partial charge on any atom is -0.478 e. The molecule has 1 aromatic heterocycles. The first-order chi connectivity index (χ1) is 9.52. The Morgan fingerprint density at radius 3 is 2.75 bits per heavy atom. The van der Waals surface area contributed by atoms with E-state index in [4.69, 9.17) is 5.11 Å². The number of aliphatic carboxylic acids is 1. The Balaban J connectivity index is 2.43. The van der Waals surface area contributed by atoms with Gasteiger partial charge in [-0.2, -0.15) is 5.10 Å². The lowest BCUT2D eigenvalue weighted by Crippen LogP contribution is -1.99. The molecule has 1 heterocycles. The van der Waals surface area contributed by atoms with E-state index in [-0.39, 0.29) is 0 Å². The van der Waals surface area contributed by atoms with Gasteiger partial charge in [0.05, 0.1) is 11.4 Å². The van der Waals surface area contributed by atoms with Gasteiger partial charge in [-0.25, -0.2) is 9.48 Å². The lowest BCUT2D eigenvalue weighted by molar-refractivity contribution is -0.131. The standard InChI is InChI=1S/C16H18N2O2/c1-4-15-11(2)17-18(12(15)3)14-7-5-6-13(10-14)8-9-16(19)20/h5-10H,4H2,1-3H3,(H,19,20). The van der Waals surface area contributed by atoms with Crippen molar-refractivity contribution in [3.05, 3.63) is 52.9 Å². The molecule has 4 heteroatoms. The van der Waals surface area contributed by atoms with E-state index < -0.39 is 5.97 Å². The zero-order chi connectivity index (χ0) is 14.7. The monoisotopic (exact) mass is 270 g/mol. The van der Waals surface area contributed by atoms with E-state index in [9.17, 15) is 4.79 Å². The van der Waals surface area contributed by atoms with Crippen LogP contribution in [0.2, 0.25) is 0 Å². The summed E-state index contributed by atoms with van der Waals surface area (Å²) in [7, 11) is 0. The zero-order valence-corrected chi connectivity index (χ0v) is 11.9. The van der Waals surface area contributed by atoms with E-state index in [0.29, 0.717) is 0 Å². The molecule has 0 radical (unpaired) electrons. The first-order valence-corrected chi connectivity index (χ1v) is 6.59. The largest absolute Gasteiger partial charge is 0.478 e. The van der Waals surface area contributed by atoms with Crippen molar-refractivity contribution in [2.24, 2.45) is 0 Å². The van der Waals surface area contributed by atoms with Gasteiger partial charge in [-0.3, -0.25) is 0 Å². The summed E-state index contributed by atoms with van der Waals surface area (Å²) < 4.78 is 1.91. The van der Waals surface area contributed by atoms with Crippen molar-refractivity contribution in [1.82, 2.24) is 9.78 Å². The number of hydrogen-bond acceptors (Lipinski definition) is 2. The topological polar surface area (TPSA) is 55.1 Å². The summed E-state index contributed by atoms with van der Waals surface area (Å²) in [5, 5.41) is 13.2. The van der Waals surface area contributed by atoms with Crippen LogP contribution in [-0.2, 0) is 11.2 Å². The molecule has 0 unspecified atom stereocenters. The fourth-order valence-electron chi connectivity index (χ4n) is 2.37. The van der Waals surface area contributed by atoms with Gasteiger partial charge in [0.2, 0.25) is 0 Å². The highest BCUT2D eigenvalue weighted by Gasteiger charge is 2.10. The van der Waals surface area contributed by atoms with Crippen molar-refractivity contribution in [3.63, 3.8) is 0 Å². The number of hydrogen-bond donors (Lipinski definition) is 1. The second-order valence-corrected chi connectivity index (χ2v) is 4.68. The molecule has 0 saturated carbocycles. The quantitative estimate of drug-likeness (QED) is 0.868. The molecule has 0 saturated heterocycles. The Morgan fingerprint density at radius 2 is 2.15 bits per heavy atom. The predicted molar refractivity (Wildman–Crippen MR) is 79.1 cm³/mol. The maximum Gasteiger partial charge on any atom is 0.328 e. The average molecular weight is 270 g/mol. The van der Waals surface area contributed by atoms with E-state index in [1.807, 2.05) is 35.9 Å². The third-order valence-corrected chi connectivity index (χ3v) is 3.33. The van der Waals surface area contributed by atoms with Crippen LogP contribution >= 0.6 is 0 Å². The Morgan fingerprint density at radius 1 is 1.40 bits per heavy atom. The molecule has 1 aromatic carbocycles. The Labute approximate surface area is 118 Å². The van der Waals surface area contributed by atoms with Crippen molar-refractivity contribution in [2.45, 2.75) is 27.2 Å². The summed E-state index contributed by atoms with van der Waals surface area (Å²) >= 11 is 0. The molecule has 0 bridgehead atoms. The lowest BCUT2D eigenvalue weighted by Gasteiger charge is -2.06. The van der Waals surface area contributed by atoms with Gasteiger partial charge in [0.15, 0.2) is 0 Å². The smallest absolute Gasteiger partial charge is 0.328 e. The molecule has 4 nitrogen and oxygen atoms in total. The highest BCUT2D eigenvalue weighted by molar-refractivity contribution is 5.85. The fraction of sp³-hybridized carbons (Fsp3) is 0.250. The van der Waals surface area contributed by atoms with Gasteiger partial charge >= 0.3 is 5.97 Å². The van der Waals surface area contributed by atoms with Crippen molar-refractivity contribution < 1.29 is 9.90 Å². The number of aryl methyl sites for hydroxylation is 1. The molecule has 0 aliphatic heterocycles. The normalized spacial score (nSPS) is 11.2. The van der Waals surface area contributed by atoms with Gasteiger partial charge < -0.3 is 5.11 Å². The number of benzene rings is 1. The van der Waals surface area contributed by atoms with Crippen LogP contribution in [0.1, 0.15) is 29.4 Å². The minimum atomic E-state index is -0.949. The van der Waals surface area contributed by atoms with Gasteiger partial charge in [0.25, 0.3) is 0 Å². The molecule has 0 aliphatic rings. The van der Waals surface area contributed by atoms with E-state index in [0.717, 1.165) is 35.1 Å². The lowest BCUT2D eigenvalue weighted by atomic mass is 10.1. The predicted octanol–water partition coefficient (Wildman–Crippen LogP) is 3.15. The first-order valence-electron chi connectivity index (χ1n) is 6.59. The Hall–Kier alpha value is -2.36. The van der Waals surface area contributed by atoms with Gasteiger partial charge in [-0.1, -0.05) is 19.1 Å². The van der Waals surface area contributed by atoms with Crippen LogP contribution in [0.5, 0.6) is 0 Å². The SMILES string of the molecule is CCc1c(C)nn(-c2cccc(C=CC(=O)O)c2)c1C. The molecule has 1 N–H and O–H groups in total. The number of carbonyl (C=O) groups is 1. The molecule has 0 spiro atoms. The molecule has 0 atom stereocenters. The Kier molecular flexibility index (Phi) is 4.03. The van der Waals surface area contributed by atoms with Crippen molar-refractivity contribution in [2.75, 3.05) is 0 Å². The van der Waals surface area contributed by atoms with Gasteiger partial charge in [-0.15, -0.1) is 0 Å². The maximum absolute atomic E-state index is 10.6. The molecule has 20 heavy (non-hydrogen) atoms. The van der Waals surface area contributed by atoms with Crippen LogP contribution in [-0.4, -0.2) is 20.9 Å². The van der Waals surface area contributed by atoms with Gasteiger partial charge in [-0.05, 0) is 49.6 Å². The van der Waals surface area contributed by atoms with Crippen LogP contribution in [0.25, 0.3) is 11.8 Å². The molecule has 0 fully saturated rings. The summed E-state index contributed by atoms with van der Waals surface area (Å²) in [5.74, 6) is -0.949. The fourth-order valence-corrected chi connectivity index (χ4v) is 2.37. The number of aromatic nitrogens is 2. The third kappa shape index (κ3) is 2.79. The molecule has 0 aliphatic carbocycles. The Bertz CT molecular complexity index is 669. The van der Waals surface area contributed by atoms with Crippen LogP contribution in [0.15, 0.2) is 30.3 Å². The summed E-state index contributed by atoms with van der Waals surface area (Å²) in [6.07, 6.45) is 3.67. The minimum absolute atomic E-state index is 0.843. The molecular formula is C16H18N2O2. The highest BCUT2D eigenvalue weighted by Crippen LogP contribution is 2.19. The first kappa shape index (κ1) is 14.1. The molecule has 104 valence electrons. The zero-order valence-electron chi connectivity index (χ0n) is 11.9. The molecule has 0 amide bonds. The number of rotatable bonds is 4. The van der Waals surface area contributed by atoms with E-state index in [1.54, 1.807) is 6.08 Å². The summed E-state index contributed by atoms with van der Waals surface area (Å²) in [5.41, 5.74) is 5.21. The second kappa shape index (κ2) is 5.74. The second-order valence-electron chi connectivity index (χ2n) is 4.68. The van der Waals surface area contributed by atoms with Gasteiger partial charge in [0.1, 0.15) is 0 Å². The van der Waals surface area contributed by atoms with Gasteiger partial charge in [0, 0.05) is 11.8 Å². The maximum atomic E-state index is 10.6.